The van der Waals surface area contributed by atoms with Crippen molar-refractivity contribution in [3.8, 4) is 5.75 Å². The van der Waals surface area contributed by atoms with Crippen LogP contribution >= 0.6 is 34.2 Å². The zero-order chi connectivity index (χ0) is 10.0. The van der Waals surface area contributed by atoms with E-state index in [4.69, 9.17) is 16.3 Å². The number of rotatable bonds is 2. The summed E-state index contributed by atoms with van der Waals surface area (Å²) in [5.74, 6) is 0.739. The summed E-state index contributed by atoms with van der Waals surface area (Å²) < 4.78 is 5.87. The highest BCUT2D eigenvalue weighted by atomic mass is 127. The van der Waals surface area contributed by atoms with Crippen molar-refractivity contribution < 1.29 is 9.53 Å². The standard InChI is InChI=1S/C9H8ClIO2/c1-5-3-6(13-2)4-7(11)8(5)9(10)12/h3-4H,1-2H3. The van der Waals surface area contributed by atoms with Crippen LogP contribution in [-0.4, -0.2) is 12.4 Å². The summed E-state index contributed by atoms with van der Waals surface area (Å²) in [6.45, 7) is 1.83. The van der Waals surface area contributed by atoms with Crippen molar-refractivity contribution in [3.05, 3.63) is 26.8 Å². The molecule has 1 rings (SSSR count). The van der Waals surface area contributed by atoms with Crippen molar-refractivity contribution in [2.24, 2.45) is 0 Å². The Labute approximate surface area is 95.4 Å². The van der Waals surface area contributed by atoms with Crippen molar-refractivity contribution in [1.82, 2.24) is 0 Å². The lowest BCUT2D eigenvalue weighted by Gasteiger charge is -2.06. The van der Waals surface area contributed by atoms with Crippen LogP contribution in [-0.2, 0) is 0 Å². The molecular weight excluding hydrogens is 302 g/mol. The molecule has 4 heteroatoms. The highest BCUT2D eigenvalue weighted by molar-refractivity contribution is 14.1. The number of ether oxygens (including phenoxy) is 1. The van der Waals surface area contributed by atoms with Gasteiger partial charge in [-0.2, -0.15) is 0 Å². The second-order valence-electron chi connectivity index (χ2n) is 2.57. The maximum atomic E-state index is 11.0. The lowest BCUT2D eigenvalue weighted by Crippen LogP contribution is -1.98. The summed E-state index contributed by atoms with van der Waals surface area (Å²) in [5.41, 5.74) is 1.40. The van der Waals surface area contributed by atoms with Gasteiger partial charge in [0.05, 0.1) is 12.7 Å². The van der Waals surface area contributed by atoms with Crippen LogP contribution in [0.1, 0.15) is 15.9 Å². The van der Waals surface area contributed by atoms with Crippen molar-refractivity contribution >= 4 is 39.4 Å². The smallest absolute Gasteiger partial charge is 0.253 e. The molecule has 0 spiro atoms. The van der Waals surface area contributed by atoms with Crippen LogP contribution in [0.25, 0.3) is 0 Å². The van der Waals surface area contributed by atoms with Gasteiger partial charge in [-0.05, 0) is 58.8 Å². The SMILES string of the molecule is COc1cc(C)c(C(=O)Cl)c(I)c1. The van der Waals surface area contributed by atoms with Crippen LogP contribution < -0.4 is 4.74 Å². The molecule has 0 N–H and O–H groups in total. The molecule has 0 saturated heterocycles. The lowest BCUT2D eigenvalue weighted by atomic mass is 10.1. The number of aryl methyl sites for hydroxylation is 1. The normalized spacial score (nSPS) is 9.85. The Morgan fingerprint density at radius 3 is 2.54 bits per heavy atom. The summed E-state index contributed by atoms with van der Waals surface area (Å²) in [6, 6.07) is 3.57. The molecule has 0 aliphatic heterocycles. The van der Waals surface area contributed by atoms with E-state index in [1.165, 1.54) is 0 Å². The topological polar surface area (TPSA) is 26.3 Å². The number of benzene rings is 1. The van der Waals surface area contributed by atoms with Gasteiger partial charge in [-0.25, -0.2) is 0 Å². The van der Waals surface area contributed by atoms with Crippen LogP contribution in [0.5, 0.6) is 5.75 Å². The molecular formula is C9H8ClIO2. The quantitative estimate of drug-likeness (QED) is 0.620. The van der Waals surface area contributed by atoms with Crippen molar-refractivity contribution in [2.45, 2.75) is 6.92 Å². The van der Waals surface area contributed by atoms with Gasteiger partial charge in [-0.1, -0.05) is 0 Å². The average molecular weight is 311 g/mol. The number of hydrogen-bond acceptors (Lipinski definition) is 2. The molecule has 2 nitrogen and oxygen atoms in total. The number of carbonyl (C=O) groups excluding carboxylic acids is 1. The van der Waals surface area contributed by atoms with E-state index in [2.05, 4.69) is 22.6 Å². The van der Waals surface area contributed by atoms with Gasteiger partial charge in [0.1, 0.15) is 5.75 Å². The first-order valence-electron chi connectivity index (χ1n) is 3.60. The third kappa shape index (κ3) is 2.34. The second-order valence-corrected chi connectivity index (χ2v) is 4.08. The van der Waals surface area contributed by atoms with Gasteiger partial charge in [0.25, 0.3) is 5.24 Å². The maximum Gasteiger partial charge on any atom is 0.253 e. The van der Waals surface area contributed by atoms with Gasteiger partial charge in [0, 0.05) is 3.57 Å². The summed E-state index contributed by atoms with van der Waals surface area (Å²) in [6.07, 6.45) is 0. The Morgan fingerprint density at radius 2 is 2.15 bits per heavy atom. The first-order valence-corrected chi connectivity index (χ1v) is 5.06. The minimum atomic E-state index is -0.426. The molecule has 0 saturated carbocycles. The van der Waals surface area contributed by atoms with Gasteiger partial charge in [0.15, 0.2) is 0 Å². The van der Waals surface area contributed by atoms with Gasteiger partial charge in [-0.3, -0.25) is 4.79 Å². The van der Waals surface area contributed by atoms with Crippen LogP contribution in [0.4, 0.5) is 0 Å². The second kappa shape index (κ2) is 4.28. The largest absolute Gasteiger partial charge is 0.497 e. The van der Waals surface area contributed by atoms with E-state index in [1.807, 2.05) is 6.92 Å². The average Bonchev–Trinajstić information content (AvgIpc) is 2.02. The van der Waals surface area contributed by atoms with Crippen molar-refractivity contribution in [3.63, 3.8) is 0 Å². The molecule has 0 aromatic heterocycles. The molecule has 0 amide bonds. The molecule has 0 unspecified atom stereocenters. The van der Waals surface area contributed by atoms with Crippen LogP contribution in [0, 0.1) is 10.5 Å². The first kappa shape index (κ1) is 10.8. The minimum Gasteiger partial charge on any atom is -0.497 e. The fraction of sp³-hybridized carbons (Fsp3) is 0.222. The number of methoxy groups -OCH3 is 1. The Balaban J connectivity index is 3.31. The molecule has 0 heterocycles. The van der Waals surface area contributed by atoms with E-state index in [9.17, 15) is 4.79 Å². The fourth-order valence-electron chi connectivity index (χ4n) is 1.08. The van der Waals surface area contributed by atoms with Gasteiger partial charge in [-0.15, -0.1) is 0 Å². The van der Waals surface area contributed by atoms with E-state index in [1.54, 1.807) is 19.2 Å². The fourth-order valence-corrected chi connectivity index (χ4v) is 2.47. The van der Waals surface area contributed by atoms with Gasteiger partial charge < -0.3 is 4.74 Å². The molecule has 70 valence electrons. The minimum absolute atomic E-state index is 0.426. The van der Waals surface area contributed by atoms with Crippen molar-refractivity contribution in [1.29, 1.82) is 0 Å². The first-order chi connectivity index (χ1) is 6.06. The van der Waals surface area contributed by atoms with Gasteiger partial charge >= 0.3 is 0 Å². The molecule has 0 fully saturated rings. The number of carbonyl (C=O) groups is 1. The number of halogens is 2. The molecule has 0 aliphatic carbocycles. The maximum absolute atomic E-state index is 11.0. The Morgan fingerprint density at radius 1 is 1.54 bits per heavy atom. The molecule has 13 heavy (non-hydrogen) atoms. The van der Waals surface area contributed by atoms with E-state index in [0.29, 0.717) is 5.56 Å². The zero-order valence-corrected chi connectivity index (χ0v) is 10.1. The molecule has 0 atom stereocenters. The van der Waals surface area contributed by atoms with Crippen molar-refractivity contribution in [2.75, 3.05) is 7.11 Å². The summed E-state index contributed by atoms with van der Waals surface area (Å²) in [5, 5.41) is -0.426. The predicted octanol–water partition coefficient (Wildman–Crippen LogP) is 2.99. The Bertz CT molecular complexity index is 326. The molecule has 1 aromatic carbocycles. The molecule has 0 aliphatic rings. The lowest BCUT2D eigenvalue weighted by molar-refractivity contribution is 0.108. The van der Waals surface area contributed by atoms with E-state index >= 15 is 0 Å². The highest BCUT2D eigenvalue weighted by Crippen LogP contribution is 2.24. The van der Waals surface area contributed by atoms with Crippen LogP contribution in [0.3, 0.4) is 0 Å². The number of hydrogen-bond donors (Lipinski definition) is 0. The third-order valence-corrected chi connectivity index (χ3v) is 2.73. The van der Waals surface area contributed by atoms with Crippen LogP contribution in [0.15, 0.2) is 12.1 Å². The monoisotopic (exact) mass is 310 g/mol. The van der Waals surface area contributed by atoms with E-state index in [-0.39, 0.29) is 0 Å². The van der Waals surface area contributed by atoms with Crippen LogP contribution in [0.2, 0.25) is 0 Å². The predicted molar refractivity (Wildman–Crippen MR) is 60.6 cm³/mol. The van der Waals surface area contributed by atoms with E-state index < -0.39 is 5.24 Å². The Kier molecular flexibility index (Phi) is 3.55. The summed E-state index contributed by atoms with van der Waals surface area (Å²) in [7, 11) is 1.59. The molecule has 0 bridgehead atoms. The summed E-state index contributed by atoms with van der Waals surface area (Å²) in [4.78, 5) is 11.0. The summed E-state index contributed by atoms with van der Waals surface area (Å²) >= 11 is 7.49. The third-order valence-electron chi connectivity index (χ3n) is 1.69. The van der Waals surface area contributed by atoms with Gasteiger partial charge in [0.2, 0.25) is 0 Å². The zero-order valence-electron chi connectivity index (χ0n) is 7.23. The highest BCUT2D eigenvalue weighted by Gasteiger charge is 2.11. The molecule has 1 aromatic rings. The van der Waals surface area contributed by atoms with E-state index in [0.717, 1.165) is 14.9 Å². The Hall–Kier alpha value is -0.290. The molecule has 0 radical (unpaired) electrons.